The zero-order valence-corrected chi connectivity index (χ0v) is 10.4. The van der Waals surface area contributed by atoms with Gasteiger partial charge < -0.3 is 15.6 Å². The second-order valence-electron chi connectivity index (χ2n) is 3.34. The summed E-state index contributed by atoms with van der Waals surface area (Å²) < 4.78 is 5.76. The largest absolute Gasteiger partial charge is 0.462 e. The van der Waals surface area contributed by atoms with E-state index in [1.807, 2.05) is 0 Å². The smallest absolute Gasteiger partial charge is 0.338 e. The van der Waals surface area contributed by atoms with Crippen LogP contribution in [0.2, 0.25) is 0 Å². The summed E-state index contributed by atoms with van der Waals surface area (Å²) in [5, 5.41) is 8.56. The van der Waals surface area contributed by atoms with Gasteiger partial charge in [0.1, 0.15) is 0 Å². The number of nitrogens with two attached hydrogens (primary N) is 1. The number of carbonyl (C=O) groups excluding carboxylic acids is 1. The molecule has 0 radical (unpaired) electrons. The maximum atomic E-state index is 11.6. The van der Waals surface area contributed by atoms with E-state index in [9.17, 15) is 4.79 Å². The van der Waals surface area contributed by atoms with Crippen LogP contribution in [0, 0.1) is 0 Å². The SMILES string of the molecule is Nc1cc(Br)cc(C(=O)OCCCCO)c1. The molecule has 0 aliphatic carbocycles. The number of unbranched alkanes of at least 4 members (excludes halogenated alkanes) is 1. The quantitative estimate of drug-likeness (QED) is 0.493. The van der Waals surface area contributed by atoms with E-state index in [1.54, 1.807) is 18.2 Å². The van der Waals surface area contributed by atoms with E-state index in [1.165, 1.54) is 0 Å². The molecule has 4 nitrogen and oxygen atoms in total. The van der Waals surface area contributed by atoms with Gasteiger partial charge in [0, 0.05) is 16.8 Å². The maximum Gasteiger partial charge on any atom is 0.338 e. The molecule has 0 aliphatic rings. The number of rotatable bonds is 5. The molecule has 0 atom stereocenters. The molecule has 0 saturated heterocycles. The van der Waals surface area contributed by atoms with Crippen LogP contribution in [0.5, 0.6) is 0 Å². The molecule has 0 unspecified atom stereocenters. The van der Waals surface area contributed by atoms with Gasteiger partial charge in [-0.3, -0.25) is 0 Å². The minimum absolute atomic E-state index is 0.112. The Balaban J connectivity index is 2.52. The standard InChI is InChI=1S/C11H14BrNO3/c12-9-5-8(6-10(13)7-9)11(15)16-4-2-1-3-14/h5-7,14H,1-4,13H2. The van der Waals surface area contributed by atoms with Crippen LogP contribution in [0.1, 0.15) is 23.2 Å². The second kappa shape index (κ2) is 6.50. The average Bonchev–Trinajstić information content (AvgIpc) is 2.22. The lowest BCUT2D eigenvalue weighted by atomic mass is 10.2. The fraction of sp³-hybridized carbons (Fsp3) is 0.364. The van der Waals surface area contributed by atoms with Gasteiger partial charge in [0.05, 0.1) is 12.2 Å². The second-order valence-corrected chi connectivity index (χ2v) is 4.26. The van der Waals surface area contributed by atoms with Gasteiger partial charge in [-0.2, -0.15) is 0 Å². The summed E-state index contributed by atoms with van der Waals surface area (Å²) in [4.78, 5) is 11.6. The number of anilines is 1. The minimum Gasteiger partial charge on any atom is -0.462 e. The van der Waals surface area contributed by atoms with Gasteiger partial charge >= 0.3 is 5.97 Å². The number of ether oxygens (including phenoxy) is 1. The lowest BCUT2D eigenvalue weighted by Crippen LogP contribution is -2.07. The first-order chi connectivity index (χ1) is 7.63. The normalized spacial score (nSPS) is 10.1. The van der Waals surface area contributed by atoms with E-state index in [0.29, 0.717) is 30.7 Å². The summed E-state index contributed by atoms with van der Waals surface area (Å²) in [7, 11) is 0. The summed E-state index contributed by atoms with van der Waals surface area (Å²) in [6, 6.07) is 4.94. The summed E-state index contributed by atoms with van der Waals surface area (Å²) >= 11 is 3.25. The molecule has 1 rings (SSSR count). The highest BCUT2D eigenvalue weighted by Gasteiger charge is 2.08. The molecule has 3 N–H and O–H groups in total. The molecule has 0 heterocycles. The molecule has 1 aromatic rings. The Morgan fingerprint density at radius 2 is 2.12 bits per heavy atom. The number of benzene rings is 1. The zero-order valence-electron chi connectivity index (χ0n) is 8.78. The highest BCUT2D eigenvalue weighted by Crippen LogP contribution is 2.17. The van der Waals surface area contributed by atoms with Gasteiger partial charge in [0.25, 0.3) is 0 Å². The van der Waals surface area contributed by atoms with Crippen molar-refractivity contribution in [3.8, 4) is 0 Å². The third kappa shape index (κ3) is 4.20. The molecule has 0 bridgehead atoms. The highest BCUT2D eigenvalue weighted by atomic mass is 79.9. The van der Waals surface area contributed by atoms with Gasteiger partial charge in [0.15, 0.2) is 0 Å². The van der Waals surface area contributed by atoms with Crippen LogP contribution in [-0.2, 0) is 4.74 Å². The van der Waals surface area contributed by atoms with Crippen molar-refractivity contribution >= 4 is 27.6 Å². The lowest BCUT2D eigenvalue weighted by Gasteiger charge is -2.05. The Morgan fingerprint density at radius 3 is 2.75 bits per heavy atom. The van der Waals surface area contributed by atoms with Gasteiger partial charge in [-0.1, -0.05) is 15.9 Å². The molecular weight excluding hydrogens is 274 g/mol. The van der Waals surface area contributed by atoms with E-state index < -0.39 is 5.97 Å². The number of hydrogen-bond donors (Lipinski definition) is 2. The van der Waals surface area contributed by atoms with Crippen molar-refractivity contribution in [3.63, 3.8) is 0 Å². The number of aliphatic hydroxyl groups is 1. The van der Waals surface area contributed by atoms with Gasteiger partial charge in [-0.15, -0.1) is 0 Å². The zero-order chi connectivity index (χ0) is 12.0. The topological polar surface area (TPSA) is 72.6 Å². The van der Waals surface area contributed by atoms with E-state index in [4.69, 9.17) is 15.6 Å². The van der Waals surface area contributed by atoms with Crippen LogP contribution in [-0.4, -0.2) is 24.3 Å². The molecule has 88 valence electrons. The number of aliphatic hydroxyl groups excluding tert-OH is 1. The predicted molar refractivity (Wildman–Crippen MR) is 65.2 cm³/mol. The number of esters is 1. The number of hydrogen-bond acceptors (Lipinski definition) is 4. The molecule has 1 aromatic carbocycles. The van der Waals surface area contributed by atoms with Crippen molar-refractivity contribution < 1.29 is 14.6 Å². The Kier molecular flexibility index (Phi) is 5.28. The number of carbonyl (C=O) groups is 1. The third-order valence-electron chi connectivity index (χ3n) is 1.94. The molecule has 0 amide bonds. The van der Waals surface area contributed by atoms with Crippen LogP contribution in [0.15, 0.2) is 22.7 Å². The molecule has 0 aliphatic heterocycles. The van der Waals surface area contributed by atoms with Gasteiger partial charge in [-0.25, -0.2) is 4.79 Å². The van der Waals surface area contributed by atoms with Crippen LogP contribution >= 0.6 is 15.9 Å². The monoisotopic (exact) mass is 287 g/mol. The number of halogens is 1. The fourth-order valence-electron chi connectivity index (χ4n) is 1.19. The maximum absolute atomic E-state index is 11.6. The summed E-state index contributed by atoms with van der Waals surface area (Å²) in [6.45, 7) is 0.424. The molecule has 16 heavy (non-hydrogen) atoms. The van der Waals surface area contributed by atoms with E-state index in [2.05, 4.69) is 15.9 Å². The molecule has 0 aromatic heterocycles. The van der Waals surface area contributed by atoms with Crippen molar-refractivity contribution in [2.75, 3.05) is 18.9 Å². The molecule has 0 saturated carbocycles. The van der Waals surface area contributed by atoms with E-state index in [-0.39, 0.29) is 6.61 Å². The van der Waals surface area contributed by atoms with Crippen molar-refractivity contribution in [2.24, 2.45) is 0 Å². The Morgan fingerprint density at radius 1 is 1.38 bits per heavy atom. The van der Waals surface area contributed by atoms with Crippen LogP contribution in [0.25, 0.3) is 0 Å². The summed E-state index contributed by atoms with van der Waals surface area (Å²) in [5.41, 5.74) is 6.54. The Labute approximate surface area is 103 Å². The third-order valence-corrected chi connectivity index (χ3v) is 2.40. The fourth-order valence-corrected chi connectivity index (χ4v) is 1.70. The lowest BCUT2D eigenvalue weighted by molar-refractivity contribution is 0.0492. The summed E-state index contributed by atoms with van der Waals surface area (Å²) in [6.07, 6.45) is 1.29. The number of nitrogen functional groups attached to an aromatic ring is 1. The van der Waals surface area contributed by atoms with Crippen LogP contribution in [0.4, 0.5) is 5.69 Å². The Hall–Kier alpha value is -1.07. The predicted octanol–water partition coefficient (Wildman–Crippen LogP) is 1.96. The molecule has 0 spiro atoms. The summed E-state index contributed by atoms with van der Waals surface area (Å²) in [5.74, 6) is -0.397. The van der Waals surface area contributed by atoms with Crippen LogP contribution in [0.3, 0.4) is 0 Å². The Bertz CT molecular complexity index is 348. The first-order valence-corrected chi connectivity index (χ1v) is 5.77. The van der Waals surface area contributed by atoms with Gasteiger partial charge in [-0.05, 0) is 31.0 Å². The molecular formula is C11H14BrNO3. The van der Waals surface area contributed by atoms with Crippen molar-refractivity contribution in [1.82, 2.24) is 0 Å². The van der Waals surface area contributed by atoms with Gasteiger partial charge in [0.2, 0.25) is 0 Å². The minimum atomic E-state index is -0.397. The first-order valence-electron chi connectivity index (χ1n) is 4.97. The van der Waals surface area contributed by atoms with Crippen molar-refractivity contribution in [3.05, 3.63) is 28.2 Å². The molecule has 0 fully saturated rings. The molecule has 5 heteroatoms. The van der Waals surface area contributed by atoms with E-state index in [0.717, 1.165) is 4.47 Å². The van der Waals surface area contributed by atoms with Crippen LogP contribution < -0.4 is 5.73 Å². The van der Waals surface area contributed by atoms with Crippen molar-refractivity contribution in [2.45, 2.75) is 12.8 Å². The van der Waals surface area contributed by atoms with E-state index >= 15 is 0 Å². The first kappa shape index (κ1) is 13.0. The average molecular weight is 288 g/mol. The van der Waals surface area contributed by atoms with Crippen molar-refractivity contribution in [1.29, 1.82) is 0 Å². The highest BCUT2D eigenvalue weighted by molar-refractivity contribution is 9.10.